The number of nitrogens with zero attached hydrogens (tertiary/aromatic N) is 3. The summed E-state index contributed by atoms with van der Waals surface area (Å²) in [6, 6.07) is 10.0. The van der Waals surface area contributed by atoms with Crippen LogP contribution in [-0.2, 0) is 0 Å². The molecular weight excluding hydrogens is 350 g/mol. The van der Waals surface area contributed by atoms with Gasteiger partial charge in [0.25, 0.3) is 5.91 Å². The van der Waals surface area contributed by atoms with Gasteiger partial charge in [-0.3, -0.25) is 4.79 Å². The average molecular weight is 382 g/mol. The van der Waals surface area contributed by atoms with E-state index in [0.717, 1.165) is 36.8 Å². The van der Waals surface area contributed by atoms with Crippen LogP contribution in [0.25, 0.3) is 0 Å². The quantitative estimate of drug-likeness (QED) is 0.772. The van der Waals surface area contributed by atoms with E-state index >= 15 is 0 Å². The molecule has 1 aliphatic rings. The summed E-state index contributed by atoms with van der Waals surface area (Å²) in [6.45, 7) is 10.5. The Kier molecular flexibility index (Phi) is 6.49. The van der Waals surface area contributed by atoms with Crippen molar-refractivity contribution in [1.29, 1.82) is 0 Å². The first-order valence-corrected chi connectivity index (χ1v) is 10.2. The fourth-order valence-corrected chi connectivity index (χ4v) is 3.29. The maximum Gasteiger partial charge on any atom is 0.274 e. The Bertz CT molecular complexity index is 797. The normalized spacial score (nSPS) is 15.9. The predicted molar refractivity (Wildman–Crippen MR) is 115 cm³/mol. The van der Waals surface area contributed by atoms with Crippen LogP contribution in [0.3, 0.4) is 0 Å². The van der Waals surface area contributed by atoms with E-state index in [4.69, 9.17) is 0 Å². The molecule has 2 aromatic rings. The Labute approximate surface area is 167 Å². The number of aromatic nitrogens is 2. The van der Waals surface area contributed by atoms with E-state index < -0.39 is 0 Å². The lowest BCUT2D eigenvalue weighted by Crippen LogP contribution is -2.32. The van der Waals surface area contributed by atoms with Crippen LogP contribution in [-0.4, -0.2) is 35.0 Å². The molecule has 1 aromatic heterocycles. The Balaban J connectivity index is 1.66. The molecule has 6 nitrogen and oxygen atoms in total. The lowest BCUT2D eigenvalue weighted by Gasteiger charge is -2.32. The zero-order valence-corrected chi connectivity index (χ0v) is 17.3. The van der Waals surface area contributed by atoms with Gasteiger partial charge in [-0.05, 0) is 69.4 Å². The van der Waals surface area contributed by atoms with Gasteiger partial charge >= 0.3 is 0 Å². The minimum Gasteiger partial charge on any atom is -0.372 e. The molecule has 1 fully saturated rings. The molecule has 1 saturated heterocycles. The maximum absolute atomic E-state index is 12.7. The van der Waals surface area contributed by atoms with Crippen LogP contribution in [0.5, 0.6) is 0 Å². The van der Waals surface area contributed by atoms with Crippen molar-refractivity contribution in [2.45, 2.75) is 53.0 Å². The highest BCUT2D eigenvalue weighted by Gasteiger charge is 2.16. The van der Waals surface area contributed by atoms with Gasteiger partial charge in [-0.1, -0.05) is 13.8 Å². The molecule has 1 atom stereocenters. The molecule has 0 radical (unpaired) electrons. The topological polar surface area (TPSA) is 70.2 Å². The molecule has 0 spiro atoms. The number of nitrogens with one attached hydrogen (secondary N) is 2. The predicted octanol–water partition coefficient (Wildman–Crippen LogP) is 4.48. The number of benzene rings is 1. The minimum absolute atomic E-state index is 0.225. The van der Waals surface area contributed by atoms with Gasteiger partial charge in [0.2, 0.25) is 5.95 Å². The van der Waals surface area contributed by atoms with Gasteiger partial charge < -0.3 is 15.5 Å². The molecule has 1 aliphatic heterocycles. The summed E-state index contributed by atoms with van der Waals surface area (Å²) in [5.41, 5.74) is 3.11. The largest absolute Gasteiger partial charge is 0.372 e. The zero-order chi connectivity index (χ0) is 20.1. The van der Waals surface area contributed by atoms with Gasteiger partial charge in [0.05, 0.1) is 0 Å². The Hall–Kier alpha value is -2.63. The summed E-state index contributed by atoms with van der Waals surface area (Å²) < 4.78 is 0. The van der Waals surface area contributed by atoms with Crippen LogP contribution in [0.4, 0.5) is 17.3 Å². The number of carbonyl (C=O) groups excluding carboxylic acids is 1. The smallest absolute Gasteiger partial charge is 0.274 e. The third-order valence-corrected chi connectivity index (χ3v) is 5.35. The highest BCUT2D eigenvalue weighted by Crippen LogP contribution is 2.24. The van der Waals surface area contributed by atoms with E-state index in [1.165, 1.54) is 18.5 Å². The van der Waals surface area contributed by atoms with Crippen molar-refractivity contribution < 1.29 is 4.79 Å². The van der Waals surface area contributed by atoms with Crippen molar-refractivity contribution in [3.8, 4) is 0 Å². The van der Waals surface area contributed by atoms with Gasteiger partial charge in [-0.2, -0.15) is 0 Å². The SMILES string of the molecule is CCC(C)Nc1nc(C)cc(C(=O)Nc2ccc(N3CCC(C)CC3)cc2)n1. The number of rotatable bonds is 6. The number of aryl methyl sites for hydroxylation is 1. The third kappa shape index (κ3) is 5.21. The fraction of sp³-hybridized carbons (Fsp3) is 0.500. The lowest BCUT2D eigenvalue weighted by atomic mass is 9.99. The minimum atomic E-state index is -0.225. The molecule has 0 bridgehead atoms. The lowest BCUT2D eigenvalue weighted by molar-refractivity contribution is 0.102. The van der Waals surface area contributed by atoms with Gasteiger partial charge in [-0.25, -0.2) is 9.97 Å². The molecule has 1 aromatic carbocycles. The maximum atomic E-state index is 12.7. The van der Waals surface area contributed by atoms with Crippen molar-refractivity contribution in [2.75, 3.05) is 28.6 Å². The van der Waals surface area contributed by atoms with Gasteiger partial charge in [0.15, 0.2) is 0 Å². The third-order valence-electron chi connectivity index (χ3n) is 5.35. The molecule has 150 valence electrons. The molecule has 1 amide bonds. The summed E-state index contributed by atoms with van der Waals surface area (Å²) in [4.78, 5) is 23.8. The Morgan fingerprint density at radius 3 is 2.54 bits per heavy atom. The second kappa shape index (κ2) is 9.04. The second-order valence-electron chi connectivity index (χ2n) is 7.84. The van der Waals surface area contributed by atoms with Crippen LogP contribution in [0, 0.1) is 12.8 Å². The zero-order valence-electron chi connectivity index (χ0n) is 17.3. The van der Waals surface area contributed by atoms with Gasteiger partial charge in [-0.15, -0.1) is 0 Å². The molecular formula is C22H31N5O. The highest BCUT2D eigenvalue weighted by atomic mass is 16.1. The van der Waals surface area contributed by atoms with Crippen LogP contribution in [0.2, 0.25) is 0 Å². The Morgan fingerprint density at radius 1 is 1.21 bits per heavy atom. The number of hydrogen-bond acceptors (Lipinski definition) is 5. The van der Waals surface area contributed by atoms with E-state index in [1.807, 2.05) is 19.1 Å². The van der Waals surface area contributed by atoms with E-state index in [1.54, 1.807) is 6.07 Å². The molecule has 6 heteroatoms. The Morgan fingerprint density at radius 2 is 1.89 bits per heavy atom. The number of hydrogen-bond donors (Lipinski definition) is 2. The van der Waals surface area contributed by atoms with E-state index in [9.17, 15) is 4.79 Å². The van der Waals surface area contributed by atoms with Crippen molar-refractivity contribution in [2.24, 2.45) is 5.92 Å². The first-order chi connectivity index (χ1) is 13.4. The van der Waals surface area contributed by atoms with E-state index in [0.29, 0.717) is 11.6 Å². The standard InChI is InChI=1S/C22H31N5O/c1-5-16(3)23-22-24-17(4)14-20(26-22)21(28)25-18-6-8-19(9-7-18)27-12-10-15(2)11-13-27/h6-9,14-16H,5,10-13H2,1-4H3,(H,25,28)(H,23,24,26). The fourth-order valence-electron chi connectivity index (χ4n) is 3.29. The average Bonchev–Trinajstić information content (AvgIpc) is 2.68. The molecule has 28 heavy (non-hydrogen) atoms. The number of anilines is 3. The molecule has 1 unspecified atom stereocenters. The van der Waals surface area contributed by atoms with Gasteiger partial charge in [0, 0.05) is 36.2 Å². The summed E-state index contributed by atoms with van der Waals surface area (Å²) >= 11 is 0. The summed E-state index contributed by atoms with van der Waals surface area (Å²) in [7, 11) is 0. The summed E-state index contributed by atoms with van der Waals surface area (Å²) in [5.74, 6) is 1.08. The molecule has 2 heterocycles. The van der Waals surface area contributed by atoms with Crippen LogP contribution < -0.4 is 15.5 Å². The first-order valence-electron chi connectivity index (χ1n) is 10.2. The van der Waals surface area contributed by atoms with Crippen LogP contribution >= 0.6 is 0 Å². The molecule has 0 saturated carbocycles. The molecule has 0 aliphatic carbocycles. The van der Waals surface area contributed by atoms with Crippen molar-refractivity contribution in [3.05, 3.63) is 41.7 Å². The number of piperidine rings is 1. The first kappa shape index (κ1) is 20.1. The summed E-state index contributed by atoms with van der Waals surface area (Å²) in [5, 5.41) is 6.17. The number of amides is 1. The van der Waals surface area contributed by atoms with Gasteiger partial charge in [0.1, 0.15) is 5.69 Å². The number of carbonyl (C=O) groups is 1. The molecule has 3 rings (SSSR count). The molecule has 2 N–H and O–H groups in total. The van der Waals surface area contributed by atoms with Crippen molar-refractivity contribution in [3.63, 3.8) is 0 Å². The van der Waals surface area contributed by atoms with E-state index in [2.05, 4.69) is 58.4 Å². The second-order valence-corrected chi connectivity index (χ2v) is 7.84. The monoisotopic (exact) mass is 381 g/mol. The van der Waals surface area contributed by atoms with Crippen molar-refractivity contribution >= 4 is 23.2 Å². The summed E-state index contributed by atoms with van der Waals surface area (Å²) in [6.07, 6.45) is 3.43. The van der Waals surface area contributed by atoms with Crippen LogP contribution in [0.1, 0.15) is 56.2 Å². The van der Waals surface area contributed by atoms with E-state index in [-0.39, 0.29) is 11.9 Å². The van der Waals surface area contributed by atoms with Crippen molar-refractivity contribution in [1.82, 2.24) is 9.97 Å². The highest BCUT2D eigenvalue weighted by molar-refractivity contribution is 6.03. The van der Waals surface area contributed by atoms with Crippen LogP contribution in [0.15, 0.2) is 30.3 Å².